The van der Waals surface area contributed by atoms with Gasteiger partial charge >= 0.3 is 0 Å². The van der Waals surface area contributed by atoms with Gasteiger partial charge in [-0.2, -0.15) is 0 Å². The highest BCUT2D eigenvalue weighted by Crippen LogP contribution is 2.25. The summed E-state index contributed by atoms with van der Waals surface area (Å²) in [6.45, 7) is 0. The predicted molar refractivity (Wildman–Crippen MR) is 78.8 cm³/mol. The Balaban J connectivity index is 1.96. The van der Waals surface area contributed by atoms with Gasteiger partial charge in [0.15, 0.2) is 0 Å². The van der Waals surface area contributed by atoms with Crippen molar-refractivity contribution in [3.8, 4) is 5.75 Å². The molecule has 2 aromatic carbocycles. The molecule has 3 nitrogen and oxygen atoms in total. The van der Waals surface area contributed by atoms with Crippen LogP contribution >= 0.6 is 0 Å². The van der Waals surface area contributed by atoms with Gasteiger partial charge in [-0.15, -0.1) is 0 Å². The monoisotopic (exact) mass is 265 g/mol. The number of aromatic nitrogens is 1. The highest BCUT2D eigenvalue weighted by molar-refractivity contribution is 5.78. The number of hydrogen-bond donors (Lipinski definition) is 1. The van der Waals surface area contributed by atoms with E-state index in [-0.39, 0.29) is 0 Å². The van der Waals surface area contributed by atoms with Crippen molar-refractivity contribution in [3.63, 3.8) is 0 Å². The highest BCUT2D eigenvalue weighted by atomic mass is 16.5. The van der Waals surface area contributed by atoms with Crippen LogP contribution in [0.1, 0.15) is 17.2 Å². The zero-order valence-electron chi connectivity index (χ0n) is 11.2. The van der Waals surface area contributed by atoms with Crippen molar-refractivity contribution >= 4 is 10.9 Å². The largest absolute Gasteiger partial charge is 0.497 e. The summed E-state index contributed by atoms with van der Waals surface area (Å²) in [4.78, 5) is 4.38. The average molecular weight is 265 g/mol. The third-order valence-electron chi connectivity index (χ3n) is 3.36. The molecule has 0 fully saturated rings. The first-order valence-electron chi connectivity index (χ1n) is 6.44. The Labute approximate surface area is 117 Å². The highest BCUT2D eigenvalue weighted by Gasteiger charge is 2.11. The summed E-state index contributed by atoms with van der Waals surface area (Å²) in [5.41, 5.74) is 2.54. The van der Waals surface area contributed by atoms with Crippen molar-refractivity contribution in [2.45, 2.75) is 6.10 Å². The Kier molecular flexibility index (Phi) is 3.35. The van der Waals surface area contributed by atoms with Gasteiger partial charge in [-0.05, 0) is 29.8 Å². The van der Waals surface area contributed by atoms with Gasteiger partial charge in [-0.25, -0.2) is 0 Å². The number of methoxy groups -OCH3 is 1. The molecule has 0 radical (unpaired) electrons. The first kappa shape index (κ1) is 12.6. The van der Waals surface area contributed by atoms with Gasteiger partial charge in [0.05, 0.1) is 12.6 Å². The van der Waals surface area contributed by atoms with Crippen molar-refractivity contribution < 1.29 is 9.84 Å². The maximum Gasteiger partial charge on any atom is 0.118 e. The molecule has 0 aliphatic rings. The second-order valence-corrected chi connectivity index (χ2v) is 4.64. The van der Waals surface area contributed by atoms with E-state index in [0.29, 0.717) is 0 Å². The van der Waals surface area contributed by atoms with Gasteiger partial charge in [0, 0.05) is 17.1 Å². The number of pyridine rings is 1. The summed E-state index contributed by atoms with van der Waals surface area (Å²) in [7, 11) is 1.62. The van der Waals surface area contributed by atoms with Crippen LogP contribution in [0.25, 0.3) is 10.9 Å². The van der Waals surface area contributed by atoms with Gasteiger partial charge in [-0.1, -0.05) is 30.3 Å². The predicted octanol–water partition coefficient (Wildman–Crippen LogP) is 3.33. The van der Waals surface area contributed by atoms with E-state index in [2.05, 4.69) is 4.98 Å². The van der Waals surface area contributed by atoms with Gasteiger partial charge in [0.2, 0.25) is 0 Å². The van der Waals surface area contributed by atoms with Crippen LogP contribution in [-0.4, -0.2) is 17.2 Å². The summed E-state index contributed by atoms with van der Waals surface area (Å²) in [5, 5.41) is 11.5. The van der Waals surface area contributed by atoms with Crippen molar-refractivity contribution in [3.05, 3.63) is 71.9 Å². The van der Waals surface area contributed by atoms with Crippen LogP contribution in [0.5, 0.6) is 5.75 Å². The summed E-state index contributed by atoms with van der Waals surface area (Å²) in [5.74, 6) is 0.776. The van der Waals surface area contributed by atoms with Crippen molar-refractivity contribution in [2.75, 3.05) is 7.11 Å². The van der Waals surface area contributed by atoms with E-state index in [1.54, 1.807) is 13.3 Å². The molecule has 0 saturated heterocycles. The fourth-order valence-corrected chi connectivity index (χ4v) is 2.22. The molecule has 3 rings (SSSR count). The zero-order chi connectivity index (χ0) is 13.9. The normalized spacial score (nSPS) is 12.3. The third kappa shape index (κ3) is 2.36. The van der Waals surface area contributed by atoms with Crippen LogP contribution in [0.4, 0.5) is 0 Å². The Hall–Kier alpha value is -2.39. The van der Waals surface area contributed by atoms with E-state index in [4.69, 9.17) is 4.74 Å². The molecule has 1 aromatic heterocycles. The Morgan fingerprint density at radius 2 is 1.75 bits per heavy atom. The van der Waals surface area contributed by atoms with Gasteiger partial charge in [0.1, 0.15) is 11.9 Å². The first-order chi connectivity index (χ1) is 9.78. The van der Waals surface area contributed by atoms with Gasteiger partial charge in [-0.3, -0.25) is 4.98 Å². The molecule has 1 unspecified atom stereocenters. The van der Waals surface area contributed by atoms with Crippen LogP contribution in [-0.2, 0) is 0 Å². The van der Waals surface area contributed by atoms with Crippen LogP contribution in [0.2, 0.25) is 0 Å². The topological polar surface area (TPSA) is 42.4 Å². The van der Waals surface area contributed by atoms with Gasteiger partial charge in [0.25, 0.3) is 0 Å². The molecule has 0 saturated carbocycles. The molecule has 0 spiro atoms. The first-order valence-corrected chi connectivity index (χ1v) is 6.44. The lowest BCUT2D eigenvalue weighted by atomic mass is 10.0. The van der Waals surface area contributed by atoms with Crippen LogP contribution in [0.15, 0.2) is 60.8 Å². The Bertz CT molecular complexity index is 722. The molecular weight excluding hydrogens is 250 g/mol. The van der Waals surface area contributed by atoms with Crippen molar-refractivity contribution in [2.24, 2.45) is 0 Å². The third-order valence-corrected chi connectivity index (χ3v) is 3.36. The van der Waals surface area contributed by atoms with E-state index >= 15 is 0 Å². The fraction of sp³-hybridized carbons (Fsp3) is 0.118. The van der Waals surface area contributed by atoms with Crippen molar-refractivity contribution in [1.82, 2.24) is 4.98 Å². The second kappa shape index (κ2) is 5.31. The molecule has 0 aliphatic carbocycles. The zero-order valence-corrected chi connectivity index (χ0v) is 11.2. The molecule has 20 heavy (non-hydrogen) atoms. The molecular formula is C17H15NO2. The number of aliphatic hydroxyl groups is 1. The lowest BCUT2D eigenvalue weighted by molar-refractivity contribution is 0.220. The second-order valence-electron chi connectivity index (χ2n) is 4.64. The maximum absolute atomic E-state index is 10.4. The lowest BCUT2D eigenvalue weighted by Gasteiger charge is -2.12. The minimum atomic E-state index is -0.682. The molecule has 1 N–H and O–H groups in total. The molecule has 3 aromatic rings. The fourth-order valence-electron chi connectivity index (χ4n) is 2.22. The molecule has 0 aliphatic heterocycles. The number of hydrogen-bond acceptors (Lipinski definition) is 3. The standard InChI is InChI=1S/C17H15NO2/c1-20-15-8-6-12(7-9-15)17(19)14-10-13-4-2-3-5-16(13)18-11-14/h2-11,17,19H,1H3. The number of aliphatic hydroxyl groups excluding tert-OH is 1. The molecule has 0 bridgehead atoms. The summed E-state index contributed by atoms with van der Waals surface area (Å²) < 4.78 is 5.12. The van der Waals surface area contributed by atoms with Crippen LogP contribution in [0, 0.1) is 0 Å². The molecule has 100 valence electrons. The Morgan fingerprint density at radius 3 is 2.50 bits per heavy atom. The average Bonchev–Trinajstić information content (AvgIpc) is 2.54. The SMILES string of the molecule is COc1ccc(C(O)c2cnc3ccccc3c2)cc1. The number of rotatable bonds is 3. The minimum Gasteiger partial charge on any atom is -0.497 e. The number of fused-ring (bicyclic) bond motifs is 1. The number of ether oxygens (including phenoxy) is 1. The lowest BCUT2D eigenvalue weighted by Crippen LogP contribution is -2.00. The van der Waals surface area contributed by atoms with E-state index in [1.165, 1.54) is 0 Å². The summed E-state index contributed by atoms with van der Waals surface area (Å²) in [6, 6.07) is 17.2. The maximum atomic E-state index is 10.4. The minimum absolute atomic E-state index is 0.682. The molecule has 0 amide bonds. The van der Waals surface area contributed by atoms with E-state index in [0.717, 1.165) is 27.8 Å². The summed E-state index contributed by atoms with van der Waals surface area (Å²) in [6.07, 6.45) is 1.04. The molecule has 3 heteroatoms. The van der Waals surface area contributed by atoms with E-state index in [9.17, 15) is 5.11 Å². The number of benzene rings is 2. The van der Waals surface area contributed by atoms with Crippen LogP contribution in [0.3, 0.4) is 0 Å². The summed E-state index contributed by atoms with van der Waals surface area (Å²) >= 11 is 0. The smallest absolute Gasteiger partial charge is 0.118 e. The van der Waals surface area contributed by atoms with E-state index < -0.39 is 6.10 Å². The van der Waals surface area contributed by atoms with Crippen molar-refractivity contribution in [1.29, 1.82) is 0 Å². The van der Waals surface area contributed by atoms with Gasteiger partial charge < -0.3 is 9.84 Å². The number of nitrogens with zero attached hydrogens (tertiary/aromatic N) is 1. The quantitative estimate of drug-likeness (QED) is 0.790. The number of para-hydroxylation sites is 1. The molecule has 1 atom stereocenters. The van der Waals surface area contributed by atoms with Crippen LogP contribution < -0.4 is 4.74 Å². The van der Waals surface area contributed by atoms with E-state index in [1.807, 2.05) is 54.6 Å². The Morgan fingerprint density at radius 1 is 1.00 bits per heavy atom. The molecule has 1 heterocycles.